The summed E-state index contributed by atoms with van der Waals surface area (Å²) < 4.78 is 1.58. The van der Waals surface area contributed by atoms with Crippen molar-refractivity contribution in [2.75, 3.05) is 0 Å². The zero-order chi connectivity index (χ0) is 16.1. The van der Waals surface area contributed by atoms with E-state index >= 15 is 0 Å². The lowest BCUT2D eigenvalue weighted by atomic mass is 10.1. The van der Waals surface area contributed by atoms with E-state index in [1.54, 1.807) is 10.6 Å². The van der Waals surface area contributed by atoms with Gasteiger partial charge in [-0.3, -0.25) is 4.79 Å². The molecule has 0 spiro atoms. The predicted molar refractivity (Wildman–Crippen MR) is 87.4 cm³/mol. The van der Waals surface area contributed by atoms with E-state index in [1.165, 1.54) is 11.6 Å². The zero-order valence-electron chi connectivity index (χ0n) is 13.0. The molecule has 0 aliphatic rings. The van der Waals surface area contributed by atoms with Crippen molar-refractivity contribution in [1.29, 1.82) is 0 Å². The van der Waals surface area contributed by atoms with Crippen LogP contribution in [0.15, 0.2) is 41.2 Å². The lowest BCUT2D eigenvalue weighted by Gasteiger charge is -2.14. The smallest absolute Gasteiger partial charge is 0.341 e. The standard InChI is InChI=1S/C18H21NO3/c1-3-5-12-19-16(11-10-15(17(19)20)18(21)22)14-8-6-13(4-2)7-9-14/h6-11H,3-5,12H2,1-2H3,(H,21,22). The summed E-state index contributed by atoms with van der Waals surface area (Å²) in [4.78, 5) is 23.6. The number of aromatic nitrogens is 1. The van der Waals surface area contributed by atoms with Crippen molar-refractivity contribution >= 4 is 5.97 Å². The SMILES string of the molecule is CCCCn1c(-c2ccc(CC)cc2)ccc(C(=O)O)c1=O. The maximum absolute atomic E-state index is 12.4. The molecule has 0 saturated carbocycles. The van der Waals surface area contributed by atoms with Gasteiger partial charge in [-0.2, -0.15) is 0 Å². The van der Waals surface area contributed by atoms with Gasteiger partial charge in [-0.25, -0.2) is 4.79 Å². The van der Waals surface area contributed by atoms with Crippen LogP contribution in [-0.4, -0.2) is 15.6 Å². The molecule has 4 nitrogen and oxygen atoms in total. The molecule has 0 radical (unpaired) electrons. The number of aromatic carboxylic acids is 1. The number of unbranched alkanes of at least 4 members (excludes halogenated alkanes) is 1. The first-order valence-corrected chi connectivity index (χ1v) is 7.65. The highest BCUT2D eigenvalue weighted by atomic mass is 16.4. The molecule has 0 unspecified atom stereocenters. The molecule has 2 rings (SSSR count). The number of carboxylic acids is 1. The average molecular weight is 299 g/mol. The number of pyridine rings is 1. The van der Waals surface area contributed by atoms with Crippen LogP contribution in [0.4, 0.5) is 0 Å². The number of aryl methyl sites for hydroxylation is 1. The molecule has 1 N–H and O–H groups in total. The van der Waals surface area contributed by atoms with Crippen LogP contribution in [0.2, 0.25) is 0 Å². The first-order valence-electron chi connectivity index (χ1n) is 7.65. The van der Waals surface area contributed by atoms with Crippen LogP contribution in [0.3, 0.4) is 0 Å². The molecule has 2 aromatic rings. The summed E-state index contributed by atoms with van der Waals surface area (Å²) in [6, 6.07) is 11.2. The molecule has 1 heterocycles. The van der Waals surface area contributed by atoms with E-state index in [2.05, 4.69) is 6.92 Å². The van der Waals surface area contributed by atoms with Crippen molar-refractivity contribution in [2.24, 2.45) is 0 Å². The topological polar surface area (TPSA) is 59.3 Å². The van der Waals surface area contributed by atoms with Crippen molar-refractivity contribution in [3.63, 3.8) is 0 Å². The van der Waals surface area contributed by atoms with Gasteiger partial charge in [0.1, 0.15) is 5.56 Å². The van der Waals surface area contributed by atoms with Crippen LogP contribution in [-0.2, 0) is 13.0 Å². The van der Waals surface area contributed by atoms with Gasteiger partial charge in [0.05, 0.1) is 5.69 Å². The van der Waals surface area contributed by atoms with Gasteiger partial charge in [-0.1, -0.05) is 44.5 Å². The van der Waals surface area contributed by atoms with Crippen LogP contribution < -0.4 is 5.56 Å². The Hall–Kier alpha value is -2.36. The van der Waals surface area contributed by atoms with Crippen molar-refractivity contribution in [1.82, 2.24) is 4.57 Å². The molecule has 0 saturated heterocycles. The summed E-state index contributed by atoms with van der Waals surface area (Å²) in [5.74, 6) is -1.18. The van der Waals surface area contributed by atoms with Gasteiger partial charge < -0.3 is 9.67 Å². The Balaban J connectivity index is 2.55. The second kappa shape index (κ2) is 7.07. The quantitative estimate of drug-likeness (QED) is 0.887. The van der Waals surface area contributed by atoms with Crippen LogP contribution in [0.25, 0.3) is 11.3 Å². The van der Waals surface area contributed by atoms with Crippen molar-refractivity contribution in [2.45, 2.75) is 39.7 Å². The molecule has 1 aromatic heterocycles. The fourth-order valence-electron chi connectivity index (χ4n) is 2.44. The lowest BCUT2D eigenvalue weighted by molar-refractivity contribution is 0.0694. The molecule has 116 valence electrons. The van der Waals surface area contributed by atoms with E-state index in [4.69, 9.17) is 5.11 Å². The zero-order valence-corrected chi connectivity index (χ0v) is 13.0. The van der Waals surface area contributed by atoms with Crippen molar-refractivity contribution in [3.05, 3.63) is 57.9 Å². The summed E-state index contributed by atoms with van der Waals surface area (Å²) in [6.45, 7) is 4.66. The first kappa shape index (κ1) is 16.0. The van der Waals surface area contributed by atoms with E-state index < -0.39 is 11.5 Å². The Morgan fingerprint density at radius 1 is 1.09 bits per heavy atom. The highest BCUT2D eigenvalue weighted by Crippen LogP contribution is 2.20. The van der Waals surface area contributed by atoms with E-state index in [0.717, 1.165) is 30.5 Å². The van der Waals surface area contributed by atoms with E-state index in [-0.39, 0.29) is 5.56 Å². The molecule has 0 fully saturated rings. The monoisotopic (exact) mass is 299 g/mol. The first-order chi connectivity index (χ1) is 10.6. The maximum Gasteiger partial charge on any atom is 0.341 e. The van der Waals surface area contributed by atoms with Gasteiger partial charge in [0.15, 0.2) is 0 Å². The highest BCUT2D eigenvalue weighted by molar-refractivity contribution is 5.87. The fraction of sp³-hybridized carbons (Fsp3) is 0.333. The predicted octanol–water partition coefficient (Wildman–Crippen LogP) is 3.58. The number of carbonyl (C=O) groups is 1. The van der Waals surface area contributed by atoms with E-state index in [0.29, 0.717) is 6.54 Å². The Morgan fingerprint density at radius 3 is 2.32 bits per heavy atom. The highest BCUT2D eigenvalue weighted by Gasteiger charge is 2.14. The largest absolute Gasteiger partial charge is 0.477 e. The average Bonchev–Trinajstić information content (AvgIpc) is 2.53. The van der Waals surface area contributed by atoms with E-state index in [1.807, 2.05) is 31.2 Å². The van der Waals surface area contributed by atoms with Crippen molar-refractivity contribution < 1.29 is 9.90 Å². The summed E-state index contributed by atoms with van der Waals surface area (Å²) in [6.07, 6.45) is 2.74. The number of hydrogen-bond donors (Lipinski definition) is 1. The van der Waals surface area contributed by atoms with Crippen LogP contribution in [0.1, 0.15) is 42.6 Å². The number of benzene rings is 1. The maximum atomic E-state index is 12.4. The molecule has 0 aliphatic heterocycles. The third-order valence-corrected chi connectivity index (χ3v) is 3.80. The van der Waals surface area contributed by atoms with Gasteiger partial charge >= 0.3 is 5.97 Å². The van der Waals surface area contributed by atoms with Gasteiger partial charge in [0.25, 0.3) is 5.56 Å². The minimum absolute atomic E-state index is 0.176. The van der Waals surface area contributed by atoms with Gasteiger partial charge in [-0.15, -0.1) is 0 Å². The summed E-state index contributed by atoms with van der Waals surface area (Å²) in [7, 11) is 0. The van der Waals surface area contributed by atoms with Crippen molar-refractivity contribution in [3.8, 4) is 11.3 Å². The van der Waals surface area contributed by atoms with Gasteiger partial charge in [-0.05, 0) is 36.1 Å². The van der Waals surface area contributed by atoms with E-state index in [9.17, 15) is 9.59 Å². The Labute approximate surface area is 130 Å². The normalized spacial score (nSPS) is 10.6. The van der Waals surface area contributed by atoms with Crippen LogP contribution in [0, 0.1) is 0 Å². The number of hydrogen-bond acceptors (Lipinski definition) is 2. The third-order valence-electron chi connectivity index (χ3n) is 3.80. The molecule has 22 heavy (non-hydrogen) atoms. The van der Waals surface area contributed by atoms with Crippen LogP contribution in [0.5, 0.6) is 0 Å². The number of carboxylic acid groups (broad SMARTS) is 1. The van der Waals surface area contributed by atoms with Crippen LogP contribution >= 0.6 is 0 Å². The summed E-state index contributed by atoms with van der Waals surface area (Å²) in [5.41, 5.74) is 2.32. The second-order valence-electron chi connectivity index (χ2n) is 5.30. The fourth-order valence-corrected chi connectivity index (χ4v) is 2.44. The molecular weight excluding hydrogens is 278 g/mol. The molecule has 0 bridgehead atoms. The molecular formula is C18H21NO3. The Morgan fingerprint density at radius 2 is 1.77 bits per heavy atom. The van der Waals surface area contributed by atoms with Gasteiger partial charge in [0.2, 0.25) is 0 Å². The molecule has 0 aliphatic carbocycles. The Bertz CT molecular complexity index is 714. The molecule has 4 heteroatoms. The minimum atomic E-state index is -1.18. The van der Waals surface area contributed by atoms with Gasteiger partial charge in [0, 0.05) is 6.54 Å². The summed E-state index contributed by atoms with van der Waals surface area (Å²) >= 11 is 0. The number of rotatable bonds is 6. The Kier molecular flexibility index (Phi) is 5.15. The lowest BCUT2D eigenvalue weighted by Crippen LogP contribution is -2.27. The minimum Gasteiger partial charge on any atom is -0.477 e. The molecule has 0 amide bonds. The number of nitrogens with zero attached hydrogens (tertiary/aromatic N) is 1. The molecule has 1 aromatic carbocycles. The molecule has 0 atom stereocenters. The second-order valence-corrected chi connectivity index (χ2v) is 5.30. The third kappa shape index (κ3) is 3.27. The summed E-state index contributed by atoms with van der Waals surface area (Å²) in [5, 5.41) is 9.13.